The molecule has 1 unspecified atom stereocenters. The Morgan fingerprint density at radius 3 is 3.06 bits per heavy atom. The molecule has 0 bridgehead atoms. The van der Waals surface area contributed by atoms with E-state index < -0.39 is 0 Å². The minimum atomic E-state index is 0.696. The van der Waals surface area contributed by atoms with Gasteiger partial charge in [-0.1, -0.05) is 13.3 Å². The average molecular weight is 252 g/mol. The van der Waals surface area contributed by atoms with Gasteiger partial charge in [-0.2, -0.15) is 5.10 Å². The fourth-order valence-corrected chi connectivity index (χ4v) is 2.43. The number of aryl methyl sites for hydroxylation is 2. The van der Waals surface area contributed by atoms with Crippen molar-refractivity contribution in [2.24, 2.45) is 13.0 Å². The van der Waals surface area contributed by atoms with Gasteiger partial charge in [0.25, 0.3) is 0 Å². The van der Waals surface area contributed by atoms with E-state index in [-0.39, 0.29) is 0 Å². The molecule has 1 saturated heterocycles. The molecule has 1 aliphatic rings. The lowest BCUT2D eigenvalue weighted by molar-refractivity contribution is 0.185. The summed E-state index contributed by atoms with van der Waals surface area (Å²) in [7, 11) is 1.94. The first kappa shape index (κ1) is 13.2. The number of nitrogens with zero attached hydrogens (tertiary/aromatic N) is 2. The first-order valence-electron chi connectivity index (χ1n) is 6.85. The standard InChI is InChI=1S/C13H24N4O/c1-3-4-11-12(14)13(17(2)16-11)15-7-5-10-6-8-18-9-10/h10,15H,3-9,14H2,1-2H3. The maximum Gasteiger partial charge on any atom is 0.147 e. The van der Waals surface area contributed by atoms with Gasteiger partial charge in [0.1, 0.15) is 5.82 Å². The van der Waals surface area contributed by atoms with Crippen LogP contribution in [0.5, 0.6) is 0 Å². The highest BCUT2D eigenvalue weighted by molar-refractivity contribution is 5.64. The Labute approximate surface area is 109 Å². The number of hydrogen-bond donors (Lipinski definition) is 2. The molecule has 3 N–H and O–H groups in total. The van der Waals surface area contributed by atoms with Gasteiger partial charge >= 0.3 is 0 Å². The fourth-order valence-electron chi connectivity index (χ4n) is 2.43. The molecule has 0 saturated carbocycles. The van der Waals surface area contributed by atoms with Crippen molar-refractivity contribution < 1.29 is 4.74 Å². The van der Waals surface area contributed by atoms with E-state index in [1.54, 1.807) is 0 Å². The maximum absolute atomic E-state index is 6.11. The van der Waals surface area contributed by atoms with Crippen molar-refractivity contribution in [2.75, 3.05) is 30.8 Å². The highest BCUT2D eigenvalue weighted by Gasteiger charge is 2.16. The van der Waals surface area contributed by atoms with E-state index in [2.05, 4.69) is 17.3 Å². The van der Waals surface area contributed by atoms with Crippen LogP contribution in [0, 0.1) is 5.92 Å². The smallest absolute Gasteiger partial charge is 0.147 e. The van der Waals surface area contributed by atoms with Gasteiger partial charge in [-0.15, -0.1) is 0 Å². The topological polar surface area (TPSA) is 65.1 Å². The van der Waals surface area contributed by atoms with Crippen molar-refractivity contribution >= 4 is 11.5 Å². The second-order valence-electron chi connectivity index (χ2n) is 5.03. The Morgan fingerprint density at radius 2 is 2.39 bits per heavy atom. The number of rotatable bonds is 6. The highest BCUT2D eigenvalue weighted by atomic mass is 16.5. The summed E-state index contributed by atoms with van der Waals surface area (Å²) in [6.07, 6.45) is 4.33. The van der Waals surface area contributed by atoms with Crippen molar-refractivity contribution in [3.05, 3.63) is 5.69 Å². The predicted molar refractivity (Wildman–Crippen MR) is 73.6 cm³/mol. The number of nitrogens with two attached hydrogens (primary N) is 1. The first-order chi connectivity index (χ1) is 8.72. The minimum absolute atomic E-state index is 0.696. The summed E-state index contributed by atoms with van der Waals surface area (Å²) in [6, 6.07) is 0. The summed E-state index contributed by atoms with van der Waals surface area (Å²) in [4.78, 5) is 0. The largest absolute Gasteiger partial charge is 0.394 e. The van der Waals surface area contributed by atoms with Crippen molar-refractivity contribution in [3.8, 4) is 0 Å². The molecule has 0 aromatic carbocycles. The second kappa shape index (κ2) is 6.09. The molecule has 5 heteroatoms. The molecule has 0 radical (unpaired) electrons. The molecular formula is C13H24N4O. The summed E-state index contributed by atoms with van der Waals surface area (Å²) in [5.41, 5.74) is 7.93. The fraction of sp³-hybridized carbons (Fsp3) is 0.769. The Hall–Kier alpha value is -1.23. The third kappa shape index (κ3) is 2.96. The van der Waals surface area contributed by atoms with Gasteiger partial charge < -0.3 is 15.8 Å². The average Bonchev–Trinajstić information content (AvgIpc) is 2.93. The number of nitrogens with one attached hydrogen (secondary N) is 1. The SMILES string of the molecule is CCCc1nn(C)c(NCCC2CCOC2)c1N. The molecule has 1 atom stereocenters. The Morgan fingerprint density at radius 1 is 1.56 bits per heavy atom. The van der Waals surface area contributed by atoms with Crippen molar-refractivity contribution in [1.29, 1.82) is 0 Å². The van der Waals surface area contributed by atoms with Crippen LogP contribution in [0.4, 0.5) is 11.5 Å². The van der Waals surface area contributed by atoms with Crippen molar-refractivity contribution in [3.63, 3.8) is 0 Å². The molecule has 102 valence electrons. The molecule has 0 aliphatic carbocycles. The van der Waals surface area contributed by atoms with Crippen LogP contribution in [0.1, 0.15) is 31.9 Å². The molecule has 18 heavy (non-hydrogen) atoms. The van der Waals surface area contributed by atoms with E-state index in [4.69, 9.17) is 10.5 Å². The van der Waals surface area contributed by atoms with Crippen LogP contribution in [0.3, 0.4) is 0 Å². The van der Waals surface area contributed by atoms with Crippen LogP contribution >= 0.6 is 0 Å². The van der Waals surface area contributed by atoms with Crippen LogP contribution in [-0.2, 0) is 18.2 Å². The molecule has 1 aromatic heterocycles. The third-order valence-corrected chi connectivity index (χ3v) is 3.52. The lowest BCUT2D eigenvalue weighted by atomic mass is 10.1. The van der Waals surface area contributed by atoms with Crippen LogP contribution in [0.15, 0.2) is 0 Å². The van der Waals surface area contributed by atoms with E-state index >= 15 is 0 Å². The van der Waals surface area contributed by atoms with Gasteiger partial charge in [0.2, 0.25) is 0 Å². The lowest BCUT2D eigenvalue weighted by Crippen LogP contribution is -2.12. The molecule has 2 rings (SSSR count). The normalized spacial score (nSPS) is 19.3. The van der Waals surface area contributed by atoms with Gasteiger partial charge in [-0.25, -0.2) is 0 Å². The zero-order valence-corrected chi connectivity index (χ0v) is 11.4. The molecule has 0 amide bonds. The second-order valence-corrected chi connectivity index (χ2v) is 5.03. The summed E-state index contributed by atoms with van der Waals surface area (Å²) in [6.45, 7) is 4.90. The van der Waals surface area contributed by atoms with Crippen LogP contribution in [0.2, 0.25) is 0 Å². The highest BCUT2D eigenvalue weighted by Crippen LogP contribution is 2.23. The summed E-state index contributed by atoms with van der Waals surface area (Å²) >= 11 is 0. The van der Waals surface area contributed by atoms with Crippen molar-refractivity contribution in [2.45, 2.75) is 32.6 Å². The predicted octanol–water partition coefficient (Wildman–Crippen LogP) is 1.79. The molecule has 0 spiro atoms. The molecule has 5 nitrogen and oxygen atoms in total. The Bertz CT molecular complexity index is 383. The Kier molecular flexibility index (Phi) is 4.47. The number of anilines is 2. The summed E-state index contributed by atoms with van der Waals surface area (Å²) in [5, 5.41) is 7.86. The maximum atomic E-state index is 6.11. The van der Waals surface area contributed by atoms with Gasteiger partial charge in [0.15, 0.2) is 0 Å². The van der Waals surface area contributed by atoms with E-state index in [1.807, 2.05) is 11.7 Å². The van der Waals surface area contributed by atoms with E-state index in [9.17, 15) is 0 Å². The lowest BCUT2D eigenvalue weighted by Gasteiger charge is -2.10. The number of ether oxygens (including phenoxy) is 1. The summed E-state index contributed by atoms with van der Waals surface area (Å²) < 4.78 is 7.23. The van der Waals surface area contributed by atoms with E-state index in [0.29, 0.717) is 5.92 Å². The van der Waals surface area contributed by atoms with Gasteiger partial charge in [-0.05, 0) is 25.2 Å². The van der Waals surface area contributed by atoms with E-state index in [1.165, 1.54) is 6.42 Å². The number of aromatic nitrogens is 2. The zero-order chi connectivity index (χ0) is 13.0. The monoisotopic (exact) mass is 252 g/mol. The molecule has 2 heterocycles. The minimum Gasteiger partial charge on any atom is -0.394 e. The van der Waals surface area contributed by atoms with Crippen LogP contribution in [-0.4, -0.2) is 29.5 Å². The van der Waals surface area contributed by atoms with Gasteiger partial charge in [-0.3, -0.25) is 4.68 Å². The third-order valence-electron chi connectivity index (χ3n) is 3.52. The molecule has 1 aliphatic heterocycles. The molecular weight excluding hydrogens is 228 g/mol. The number of nitrogen functional groups attached to an aromatic ring is 1. The quantitative estimate of drug-likeness (QED) is 0.810. The van der Waals surface area contributed by atoms with E-state index in [0.717, 1.165) is 56.2 Å². The number of hydrogen-bond acceptors (Lipinski definition) is 4. The van der Waals surface area contributed by atoms with Crippen LogP contribution < -0.4 is 11.1 Å². The molecule has 1 aromatic rings. The van der Waals surface area contributed by atoms with Gasteiger partial charge in [0.05, 0.1) is 11.4 Å². The zero-order valence-electron chi connectivity index (χ0n) is 11.4. The Balaban J connectivity index is 1.87. The summed E-state index contributed by atoms with van der Waals surface area (Å²) in [5.74, 6) is 1.65. The van der Waals surface area contributed by atoms with Crippen molar-refractivity contribution in [1.82, 2.24) is 9.78 Å². The van der Waals surface area contributed by atoms with Crippen LogP contribution in [0.25, 0.3) is 0 Å². The van der Waals surface area contributed by atoms with Gasteiger partial charge in [0, 0.05) is 26.8 Å². The molecule has 1 fully saturated rings. The first-order valence-corrected chi connectivity index (χ1v) is 6.85.